The molecule has 0 radical (unpaired) electrons. The van der Waals surface area contributed by atoms with Crippen LogP contribution in [-0.2, 0) is 9.59 Å². The molecule has 9 heteroatoms. The molecule has 0 saturated heterocycles. The Bertz CT molecular complexity index is 890. The van der Waals surface area contributed by atoms with E-state index in [1.54, 1.807) is 18.2 Å². The molecule has 2 amide bonds. The summed E-state index contributed by atoms with van der Waals surface area (Å²) < 4.78 is 22.1. The Morgan fingerprint density at radius 2 is 1.68 bits per heavy atom. The average molecular weight is 402 g/mol. The van der Waals surface area contributed by atoms with Crippen molar-refractivity contribution in [3.05, 3.63) is 42.5 Å². The molecule has 28 heavy (non-hydrogen) atoms. The number of amides is 2. The fourth-order valence-corrected chi connectivity index (χ4v) is 3.38. The van der Waals surface area contributed by atoms with Crippen LogP contribution in [0, 0.1) is 0 Å². The van der Waals surface area contributed by atoms with Gasteiger partial charge in [0.15, 0.2) is 23.0 Å². The van der Waals surface area contributed by atoms with Gasteiger partial charge in [-0.3, -0.25) is 20.4 Å². The second kappa shape index (κ2) is 8.30. The highest BCUT2D eigenvalue weighted by molar-refractivity contribution is 8.00. The summed E-state index contributed by atoms with van der Waals surface area (Å²) in [5.74, 6) is 1.76. The van der Waals surface area contributed by atoms with E-state index in [9.17, 15) is 9.59 Å². The number of ether oxygens (including phenoxy) is 4. The monoisotopic (exact) mass is 402 g/mol. The molecule has 2 aliphatic heterocycles. The Hall–Kier alpha value is -3.07. The molecule has 2 N–H and O–H groups in total. The minimum atomic E-state index is -0.833. The van der Waals surface area contributed by atoms with E-state index in [0.717, 1.165) is 4.90 Å². The zero-order chi connectivity index (χ0) is 19.3. The minimum absolute atomic E-state index is 0.0741. The van der Waals surface area contributed by atoms with Crippen LogP contribution in [0.15, 0.2) is 47.4 Å². The van der Waals surface area contributed by atoms with Crippen molar-refractivity contribution in [2.24, 2.45) is 0 Å². The molecule has 0 fully saturated rings. The molecule has 2 aromatic carbocycles. The number of carbonyl (C=O) groups excluding carboxylic acids is 2. The summed E-state index contributed by atoms with van der Waals surface area (Å²) in [6.07, 6.45) is -0.833. The quantitative estimate of drug-likeness (QED) is 0.592. The second-order valence-electron chi connectivity index (χ2n) is 6.00. The van der Waals surface area contributed by atoms with Crippen molar-refractivity contribution < 1.29 is 28.5 Å². The maximum absolute atomic E-state index is 12.2. The number of para-hydroxylation sites is 2. The van der Waals surface area contributed by atoms with Crippen molar-refractivity contribution in [1.29, 1.82) is 0 Å². The summed E-state index contributed by atoms with van der Waals surface area (Å²) in [6, 6.07) is 12.6. The van der Waals surface area contributed by atoms with Gasteiger partial charge in [-0.2, -0.15) is 0 Å². The number of hydrazine groups is 1. The number of thioether (sulfide) groups is 1. The van der Waals surface area contributed by atoms with Crippen molar-refractivity contribution in [3.63, 3.8) is 0 Å². The molecule has 2 aromatic rings. The van der Waals surface area contributed by atoms with Crippen molar-refractivity contribution in [1.82, 2.24) is 10.9 Å². The third-order valence-electron chi connectivity index (χ3n) is 4.01. The molecule has 8 nitrogen and oxygen atoms in total. The number of fused-ring (bicyclic) bond motifs is 2. The van der Waals surface area contributed by atoms with Gasteiger partial charge in [0.05, 0.1) is 5.75 Å². The maximum atomic E-state index is 12.2. The highest BCUT2D eigenvalue weighted by Gasteiger charge is 2.27. The largest absolute Gasteiger partial charge is 0.486 e. The first-order valence-electron chi connectivity index (χ1n) is 8.69. The van der Waals surface area contributed by atoms with Gasteiger partial charge in [-0.15, -0.1) is 11.8 Å². The summed E-state index contributed by atoms with van der Waals surface area (Å²) >= 11 is 1.32. The minimum Gasteiger partial charge on any atom is -0.486 e. The number of nitrogens with one attached hydrogen (secondary N) is 2. The Kier molecular flexibility index (Phi) is 5.43. The highest BCUT2D eigenvalue weighted by atomic mass is 32.2. The molecule has 0 aliphatic carbocycles. The normalized spacial score (nSPS) is 16.8. The standard InChI is InChI=1S/C19H18N2O6S/c22-18(11-28-12-5-6-14-16(9-12)25-8-7-24-14)20-21-19(23)17-10-26-13-3-1-2-4-15(13)27-17/h1-6,9,17H,7-8,10-11H2,(H,20,22)(H,21,23)/t17-/m0/s1. The molecule has 2 heterocycles. The molecule has 2 aliphatic rings. The molecule has 0 saturated carbocycles. The van der Waals surface area contributed by atoms with Gasteiger partial charge in [0.25, 0.3) is 5.91 Å². The van der Waals surface area contributed by atoms with Gasteiger partial charge >= 0.3 is 0 Å². The zero-order valence-corrected chi connectivity index (χ0v) is 15.6. The van der Waals surface area contributed by atoms with E-state index in [-0.39, 0.29) is 18.3 Å². The number of carbonyl (C=O) groups is 2. The summed E-state index contributed by atoms with van der Waals surface area (Å²) in [7, 11) is 0. The third-order valence-corrected chi connectivity index (χ3v) is 5.00. The fraction of sp³-hybridized carbons (Fsp3) is 0.263. The van der Waals surface area contributed by atoms with Gasteiger partial charge in [0.1, 0.15) is 19.8 Å². The third kappa shape index (κ3) is 4.25. The lowest BCUT2D eigenvalue weighted by Crippen LogP contribution is -2.51. The van der Waals surface area contributed by atoms with E-state index in [1.165, 1.54) is 11.8 Å². The number of hydrogen-bond acceptors (Lipinski definition) is 7. The molecular formula is C19H18N2O6S. The van der Waals surface area contributed by atoms with Crippen LogP contribution >= 0.6 is 11.8 Å². The van der Waals surface area contributed by atoms with Crippen LogP contribution < -0.4 is 29.8 Å². The van der Waals surface area contributed by atoms with E-state index in [4.69, 9.17) is 18.9 Å². The van der Waals surface area contributed by atoms with Gasteiger partial charge in [-0.1, -0.05) is 12.1 Å². The van der Waals surface area contributed by atoms with Crippen molar-refractivity contribution in [2.45, 2.75) is 11.0 Å². The molecule has 4 rings (SSSR count). The summed E-state index contributed by atoms with van der Waals surface area (Å²) in [5.41, 5.74) is 4.75. The summed E-state index contributed by atoms with van der Waals surface area (Å²) in [4.78, 5) is 25.1. The van der Waals surface area contributed by atoms with Gasteiger partial charge in [-0.05, 0) is 30.3 Å². The smallest absolute Gasteiger partial charge is 0.283 e. The average Bonchev–Trinajstić information content (AvgIpc) is 2.75. The summed E-state index contributed by atoms with van der Waals surface area (Å²) in [5, 5.41) is 0. The molecule has 1 atom stereocenters. The Morgan fingerprint density at radius 1 is 0.929 bits per heavy atom. The van der Waals surface area contributed by atoms with Gasteiger partial charge in [0.2, 0.25) is 12.0 Å². The first-order chi connectivity index (χ1) is 13.7. The first-order valence-corrected chi connectivity index (χ1v) is 9.67. The van der Waals surface area contributed by atoms with Crippen molar-refractivity contribution >= 4 is 23.6 Å². The van der Waals surface area contributed by atoms with E-state index in [2.05, 4.69) is 10.9 Å². The zero-order valence-electron chi connectivity index (χ0n) is 14.8. The topological polar surface area (TPSA) is 95.1 Å². The van der Waals surface area contributed by atoms with Crippen molar-refractivity contribution in [3.8, 4) is 23.0 Å². The van der Waals surface area contributed by atoms with Crippen LogP contribution in [0.4, 0.5) is 0 Å². The van der Waals surface area contributed by atoms with E-state index in [0.29, 0.717) is 36.2 Å². The number of hydrogen-bond donors (Lipinski definition) is 2. The highest BCUT2D eigenvalue weighted by Crippen LogP contribution is 2.34. The van der Waals surface area contributed by atoms with E-state index in [1.807, 2.05) is 24.3 Å². The van der Waals surface area contributed by atoms with Crippen LogP contribution in [-0.4, -0.2) is 43.5 Å². The number of benzene rings is 2. The van der Waals surface area contributed by atoms with Crippen LogP contribution in [0.2, 0.25) is 0 Å². The SMILES string of the molecule is O=C(CSc1ccc2c(c1)OCCO2)NNC(=O)[C@@H]1COc2ccccc2O1. The molecule has 0 unspecified atom stereocenters. The Morgan fingerprint density at radius 3 is 2.54 bits per heavy atom. The first kappa shape index (κ1) is 18.3. The van der Waals surface area contributed by atoms with Gasteiger partial charge in [-0.25, -0.2) is 0 Å². The predicted molar refractivity (Wildman–Crippen MR) is 101 cm³/mol. The van der Waals surface area contributed by atoms with E-state index >= 15 is 0 Å². The fourth-order valence-electron chi connectivity index (χ4n) is 2.66. The van der Waals surface area contributed by atoms with Gasteiger partial charge in [0, 0.05) is 4.90 Å². The van der Waals surface area contributed by atoms with Gasteiger partial charge < -0.3 is 18.9 Å². The van der Waals surface area contributed by atoms with Crippen molar-refractivity contribution in [2.75, 3.05) is 25.6 Å². The van der Waals surface area contributed by atoms with Crippen LogP contribution in [0.25, 0.3) is 0 Å². The Labute approximate surface area is 165 Å². The molecule has 0 aromatic heterocycles. The number of rotatable bonds is 4. The van der Waals surface area contributed by atoms with Crippen LogP contribution in [0.1, 0.15) is 0 Å². The maximum Gasteiger partial charge on any atom is 0.283 e. The van der Waals surface area contributed by atoms with Crippen LogP contribution in [0.5, 0.6) is 23.0 Å². The molecule has 0 bridgehead atoms. The lowest BCUT2D eigenvalue weighted by Gasteiger charge is -2.25. The predicted octanol–water partition coefficient (Wildman–Crippen LogP) is 1.54. The second-order valence-corrected chi connectivity index (χ2v) is 7.04. The van der Waals surface area contributed by atoms with E-state index < -0.39 is 12.0 Å². The lowest BCUT2D eigenvalue weighted by atomic mass is 10.2. The molecule has 0 spiro atoms. The summed E-state index contributed by atoms with van der Waals surface area (Å²) in [6.45, 7) is 1.11. The lowest BCUT2D eigenvalue weighted by molar-refractivity contribution is -0.134. The Balaban J connectivity index is 1.23. The molecular weight excluding hydrogens is 384 g/mol. The molecule has 146 valence electrons. The van der Waals surface area contributed by atoms with Crippen LogP contribution in [0.3, 0.4) is 0 Å².